The van der Waals surface area contributed by atoms with E-state index >= 15 is 0 Å². The standard InChI is InChI=1S/C11H16N2O3/c1-9(15)7-13-5-2-3-10(8-13)11(16)12-4-6-14/h2,5,8,14H,3-4,6-7H2,1H3,(H,12,16). The van der Waals surface area contributed by atoms with Crippen LogP contribution < -0.4 is 5.32 Å². The second-order valence-electron chi connectivity index (χ2n) is 3.60. The number of amides is 1. The van der Waals surface area contributed by atoms with E-state index in [2.05, 4.69) is 5.32 Å². The lowest BCUT2D eigenvalue weighted by molar-refractivity contribution is -0.119. The van der Waals surface area contributed by atoms with Crippen LogP contribution in [0.3, 0.4) is 0 Å². The summed E-state index contributed by atoms with van der Waals surface area (Å²) in [5.74, 6) is -0.162. The average Bonchev–Trinajstić information content (AvgIpc) is 2.25. The number of nitrogens with one attached hydrogen (secondary N) is 1. The molecule has 16 heavy (non-hydrogen) atoms. The van der Waals surface area contributed by atoms with Crippen molar-refractivity contribution < 1.29 is 14.7 Å². The zero-order chi connectivity index (χ0) is 12.0. The number of rotatable bonds is 5. The summed E-state index contributed by atoms with van der Waals surface area (Å²) >= 11 is 0. The van der Waals surface area contributed by atoms with Gasteiger partial charge in [-0.1, -0.05) is 6.08 Å². The van der Waals surface area contributed by atoms with E-state index in [0.717, 1.165) is 0 Å². The fraction of sp³-hybridized carbons (Fsp3) is 0.455. The molecule has 0 aromatic rings. The van der Waals surface area contributed by atoms with Crippen LogP contribution in [0.25, 0.3) is 0 Å². The van der Waals surface area contributed by atoms with Gasteiger partial charge in [0, 0.05) is 24.5 Å². The van der Waals surface area contributed by atoms with Gasteiger partial charge in [0.15, 0.2) is 0 Å². The zero-order valence-corrected chi connectivity index (χ0v) is 9.27. The van der Waals surface area contributed by atoms with Crippen molar-refractivity contribution in [2.75, 3.05) is 19.7 Å². The summed E-state index contributed by atoms with van der Waals surface area (Å²) in [6.45, 7) is 1.94. The average molecular weight is 224 g/mol. The van der Waals surface area contributed by atoms with Gasteiger partial charge in [0.05, 0.1) is 13.2 Å². The molecule has 0 atom stereocenters. The monoisotopic (exact) mass is 224 g/mol. The van der Waals surface area contributed by atoms with Crippen LogP contribution in [-0.4, -0.2) is 41.4 Å². The van der Waals surface area contributed by atoms with Crippen molar-refractivity contribution in [1.29, 1.82) is 0 Å². The molecule has 1 rings (SSSR count). The number of Topliss-reactive ketones (excluding diaryl/α,β-unsaturated/α-hetero) is 1. The highest BCUT2D eigenvalue weighted by molar-refractivity contribution is 5.93. The molecule has 1 aliphatic rings. The van der Waals surface area contributed by atoms with Crippen LogP contribution in [0.1, 0.15) is 13.3 Å². The highest BCUT2D eigenvalue weighted by Gasteiger charge is 2.12. The van der Waals surface area contributed by atoms with Gasteiger partial charge in [-0.3, -0.25) is 9.59 Å². The number of carbonyl (C=O) groups is 2. The maximum atomic E-state index is 11.6. The summed E-state index contributed by atoms with van der Waals surface area (Å²) in [6, 6.07) is 0. The van der Waals surface area contributed by atoms with E-state index in [0.29, 0.717) is 12.0 Å². The predicted molar refractivity (Wildman–Crippen MR) is 59.3 cm³/mol. The molecule has 88 valence electrons. The van der Waals surface area contributed by atoms with E-state index in [1.54, 1.807) is 17.3 Å². The topological polar surface area (TPSA) is 69.6 Å². The Labute approximate surface area is 94.4 Å². The molecule has 0 fully saturated rings. The number of aliphatic hydroxyl groups excluding tert-OH is 1. The molecule has 5 nitrogen and oxygen atoms in total. The van der Waals surface area contributed by atoms with Crippen LogP contribution in [0.15, 0.2) is 24.0 Å². The Morgan fingerprint density at radius 2 is 2.31 bits per heavy atom. The second-order valence-corrected chi connectivity index (χ2v) is 3.60. The third kappa shape index (κ3) is 3.86. The molecule has 1 heterocycles. The Morgan fingerprint density at radius 3 is 2.94 bits per heavy atom. The molecule has 0 radical (unpaired) electrons. The third-order valence-corrected chi connectivity index (χ3v) is 2.05. The predicted octanol–water partition coefficient (Wildman–Crippen LogP) is -0.213. The third-order valence-electron chi connectivity index (χ3n) is 2.05. The van der Waals surface area contributed by atoms with Gasteiger partial charge < -0.3 is 15.3 Å². The number of hydrogen-bond acceptors (Lipinski definition) is 4. The normalized spacial score (nSPS) is 14.6. The van der Waals surface area contributed by atoms with Gasteiger partial charge in [0.1, 0.15) is 5.78 Å². The van der Waals surface area contributed by atoms with E-state index in [1.807, 2.05) is 6.08 Å². The lowest BCUT2D eigenvalue weighted by Crippen LogP contribution is -2.30. The molecule has 0 aliphatic carbocycles. The number of hydrogen-bond donors (Lipinski definition) is 2. The number of carbonyl (C=O) groups excluding carboxylic acids is 2. The van der Waals surface area contributed by atoms with Gasteiger partial charge in [-0.15, -0.1) is 0 Å². The first-order valence-corrected chi connectivity index (χ1v) is 5.15. The van der Waals surface area contributed by atoms with E-state index in [-0.39, 0.29) is 31.4 Å². The van der Waals surface area contributed by atoms with Crippen molar-refractivity contribution in [3.8, 4) is 0 Å². The summed E-state index contributed by atoms with van der Waals surface area (Å²) in [5.41, 5.74) is 0.595. The van der Waals surface area contributed by atoms with Crippen LogP contribution >= 0.6 is 0 Å². The molecule has 0 aromatic carbocycles. The Balaban J connectivity index is 2.56. The number of aliphatic hydroxyl groups is 1. The summed E-state index contributed by atoms with van der Waals surface area (Å²) in [7, 11) is 0. The van der Waals surface area contributed by atoms with Crippen LogP contribution in [0.4, 0.5) is 0 Å². The number of allylic oxidation sites excluding steroid dienone is 1. The van der Waals surface area contributed by atoms with E-state index in [4.69, 9.17) is 5.11 Å². The van der Waals surface area contributed by atoms with Crippen molar-refractivity contribution in [3.05, 3.63) is 24.0 Å². The van der Waals surface area contributed by atoms with Gasteiger partial charge in [-0.2, -0.15) is 0 Å². The first-order valence-electron chi connectivity index (χ1n) is 5.15. The Kier molecular flexibility index (Phi) is 4.72. The van der Waals surface area contributed by atoms with E-state index < -0.39 is 0 Å². The fourth-order valence-electron chi connectivity index (χ4n) is 1.40. The number of ketones is 1. The largest absolute Gasteiger partial charge is 0.395 e. The minimum Gasteiger partial charge on any atom is -0.395 e. The first-order chi connectivity index (χ1) is 7.63. The molecule has 0 saturated carbocycles. The minimum atomic E-state index is -0.202. The lowest BCUT2D eigenvalue weighted by atomic mass is 10.1. The maximum Gasteiger partial charge on any atom is 0.249 e. The zero-order valence-electron chi connectivity index (χ0n) is 9.27. The molecule has 0 spiro atoms. The van der Waals surface area contributed by atoms with Gasteiger partial charge in [0.2, 0.25) is 5.91 Å². The Morgan fingerprint density at radius 1 is 1.56 bits per heavy atom. The molecule has 1 aliphatic heterocycles. The van der Waals surface area contributed by atoms with Gasteiger partial charge in [-0.05, 0) is 13.3 Å². The molecule has 5 heteroatoms. The molecule has 0 aromatic heterocycles. The Hall–Kier alpha value is -1.62. The number of nitrogens with zero attached hydrogens (tertiary/aromatic N) is 1. The van der Waals surface area contributed by atoms with Crippen LogP contribution in [0.2, 0.25) is 0 Å². The lowest BCUT2D eigenvalue weighted by Gasteiger charge is -2.19. The smallest absolute Gasteiger partial charge is 0.249 e. The van der Waals surface area contributed by atoms with Crippen molar-refractivity contribution in [2.45, 2.75) is 13.3 Å². The highest BCUT2D eigenvalue weighted by Crippen LogP contribution is 2.11. The van der Waals surface area contributed by atoms with Crippen LogP contribution in [-0.2, 0) is 9.59 Å². The first kappa shape index (κ1) is 12.4. The van der Waals surface area contributed by atoms with E-state index in [9.17, 15) is 9.59 Å². The van der Waals surface area contributed by atoms with E-state index in [1.165, 1.54) is 6.92 Å². The summed E-state index contributed by atoms with van der Waals surface area (Å²) in [5, 5.41) is 11.2. The Bertz CT molecular complexity index is 334. The van der Waals surface area contributed by atoms with Crippen LogP contribution in [0.5, 0.6) is 0 Å². The van der Waals surface area contributed by atoms with Crippen molar-refractivity contribution in [3.63, 3.8) is 0 Å². The molecule has 2 N–H and O–H groups in total. The summed E-state index contributed by atoms with van der Waals surface area (Å²) < 4.78 is 0. The maximum absolute atomic E-state index is 11.6. The van der Waals surface area contributed by atoms with Gasteiger partial charge >= 0.3 is 0 Å². The fourth-order valence-corrected chi connectivity index (χ4v) is 1.40. The SMILES string of the molecule is CC(=O)CN1C=CCC(C(=O)NCCO)=C1. The van der Waals surface area contributed by atoms with Gasteiger partial charge in [0.25, 0.3) is 0 Å². The van der Waals surface area contributed by atoms with Crippen molar-refractivity contribution >= 4 is 11.7 Å². The quantitative estimate of drug-likeness (QED) is 0.678. The van der Waals surface area contributed by atoms with Crippen LogP contribution in [0, 0.1) is 0 Å². The minimum absolute atomic E-state index is 0.0397. The second kappa shape index (κ2) is 6.07. The molecular weight excluding hydrogens is 208 g/mol. The molecular formula is C11H16N2O3. The molecule has 0 saturated heterocycles. The molecule has 0 bridgehead atoms. The van der Waals surface area contributed by atoms with Crippen molar-refractivity contribution in [1.82, 2.24) is 10.2 Å². The summed E-state index contributed by atoms with van der Waals surface area (Å²) in [4.78, 5) is 24.2. The summed E-state index contributed by atoms with van der Waals surface area (Å²) in [6.07, 6.45) is 5.82. The van der Waals surface area contributed by atoms with Gasteiger partial charge in [-0.25, -0.2) is 0 Å². The molecule has 0 unspecified atom stereocenters. The van der Waals surface area contributed by atoms with Crippen molar-refractivity contribution in [2.24, 2.45) is 0 Å². The molecule has 1 amide bonds. The highest BCUT2D eigenvalue weighted by atomic mass is 16.3.